The number of thiocarbonyl (C=S) groups is 1. The second-order valence-electron chi connectivity index (χ2n) is 4.07. The molecule has 0 atom stereocenters. The molecular formula is C13H20N2S. The van der Waals surface area contributed by atoms with Gasteiger partial charge in [0.15, 0.2) is 0 Å². The van der Waals surface area contributed by atoms with Gasteiger partial charge in [-0.05, 0) is 19.0 Å². The zero-order valence-corrected chi connectivity index (χ0v) is 10.9. The maximum absolute atomic E-state index is 5.51. The van der Waals surface area contributed by atoms with Crippen molar-refractivity contribution >= 4 is 17.2 Å². The molecule has 0 saturated heterocycles. The molecule has 0 unspecified atom stereocenters. The van der Waals surface area contributed by atoms with Crippen LogP contribution in [0.15, 0.2) is 24.3 Å². The number of hydrogen-bond acceptors (Lipinski definition) is 2. The lowest BCUT2D eigenvalue weighted by Gasteiger charge is -2.20. The molecule has 0 amide bonds. The van der Waals surface area contributed by atoms with Crippen LogP contribution in [0.25, 0.3) is 0 Å². The summed E-state index contributed by atoms with van der Waals surface area (Å²) in [5, 5.41) is 0. The van der Waals surface area contributed by atoms with E-state index in [9.17, 15) is 0 Å². The van der Waals surface area contributed by atoms with Crippen LogP contribution < -0.4 is 5.73 Å². The van der Waals surface area contributed by atoms with E-state index in [0.29, 0.717) is 4.99 Å². The maximum atomic E-state index is 5.51. The van der Waals surface area contributed by atoms with Gasteiger partial charge in [0, 0.05) is 19.5 Å². The van der Waals surface area contributed by atoms with Crippen molar-refractivity contribution in [1.82, 2.24) is 4.90 Å². The summed E-state index contributed by atoms with van der Waals surface area (Å²) in [7, 11) is 0. The normalized spacial score (nSPS) is 10.7. The number of nitrogens with two attached hydrogens (primary N) is 1. The topological polar surface area (TPSA) is 29.3 Å². The van der Waals surface area contributed by atoms with Gasteiger partial charge in [-0.1, -0.05) is 49.0 Å². The second kappa shape index (κ2) is 6.61. The Labute approximate surface area is 103 Å². The second-order valence-corrected chi connectivity index (χ2v) is 4.60. The third-order valence-corrected chi connectivity index (χ3v) is 2.85. The molecule has 2 N–H and O–H groups in total. The van der Waals surface area contributed by atoms with Crippen LogP contribution in [-0.2, 0) is 6.54 Å². The fraction of sp³-hybridized carbons (Fsp3) is 0.462. The predicted molar refractivity (Wildman–Crippen MR) is 73.5 cm³/mol. The average Bonchev–Trinajstić information content (AvgIpc) is 2.26. The Morgan fingerprint density at radius 3 is 2.44 bits per heavy atom. The van der Waals surface area contributed by atoms with Crippen LogP contribution in [0.1, 0.15) is 24.5 Å². The van der Waals surface area contributed by atoms with Gasteiger partial charge in [0.05, 0.1) is 4.99 Å². The molecule has 0 aromatic heterocycles. The number of benzene rings is 1. The van der Waals surface area contributed by atoms with Gasteiger partial charge in [-0.25, -0.2) is 0 Å². The number of rotatable bonds is 6. The van der Waals surface area contributed by atoms with E-state index in [1.807, 2.05) is 0 Å². The first-order valence-electron chi connectivity index (χ1n) is 5.68. The zero-order chi connectivity index (χ0) is 12.0. The minimum atomic E-state index is 0.599. The van der Waals surface area contributed by atoms with E-state index in [1.165, 1.54) is 11.1 Å². The molecular weight excluding hydrogens is 216 g/mol. The van der Waals surface area contributed by atoms with Gasteiger partial charge in [0.25, 0.3) is 0 Å². The van der Waals surface area contributed by atoms with Gasteiger partial charge in [-0.15, -0.1) is 0 Å². The largest absolute Gasteiger partial charge is 0.393 e. The summed E-state index contributed by atoms with van der Waals surface area (Å²) < 4.78 is 0. The lowest BCUT2D eigenvalue weighted by Crippen LogP contribution is -2.27. The van der Waals surface area contributed by atoms with E-state index >= 15 is 0 Å². The highest BCUT2D eigenvalue weighted by Crippen LogP contribution is 2.07. The highest BCUT2D eigenvalue weighted by molar-refractivity contribution is 7.80. The molecule has 0 heterocycles. The maximum Gasteiger partial charge on any atom is 0.0740 e. The predicted octanol–water partition coefficient (Wildman–Crippen LogP) is 2.49. The van der Waals surface area contributed by atoms with Crippen molar-refractivity contribution < 1.29 is 0 Å². The molecule has 0 aliphatic carbocycles. The SMILES string of the molecule is CCN(CCC(N)=S)Cc1ccc(C)cc1. The molecule has 0 saturated carbocycles. The number of hydrogen-bond donors (Lipinski definition) is 1. The van der Waals surface area contributed by atoms with Crippen molar-refractivity contribution in [2.75, 3.05) is 13.1 Å². The van der Waals surface area contributed by atoms with Crippen LogP contribution in [0.5, 0.6) is 0 Å². The lowest BCUT2D eigenvalue weighted by atomic mass is 10.1. The molecule has 0 aliphatic rings. The Hall–Kier alpha value is -0.930. The van der Waals surface area contributed by atoms with Gasteiger partial charge in [0.1, 0.15) is 0 Å². The van der Waals surface area contributed by atoms with Crippen molar-refractivity contribution in [1.29, 1.82) is 0 Å². The third kappa shape index (κ3) is 4.73. The van der Waals surface area contributed by atoms with E-state index in [2.05, 4.69) is 43.0 Å². The number of nitrogens with zero attached hydrogens (tertiary/aromatic N) is 1. The van der Waals surface area contributed by atoms with E-state index < -0.39 is 0 Å². The molecule has 1 aromatic rings. The summed E-state index contributed by atoms with van der Waals surface area (Å²) in [5.74, 6) is 0. The van der Waals surface area contributed by atoms with E-state index in [0.717, 1.165) is 26.1 Å². The van der Waals surface area contributed by atoms with Crippen LogP contribution in [0.3, 0.4) is 0 Å². The van der Waals surface area contributed by atoms with Crippen LogP contribution in [-0.4, -0.2) is 23.0 Å². The molecule has 2 nitrogen and oxygen atoms in total. The highest BCUT2D eigenvalue weighted by atomic mass is 32.1. The standard InChI is InChI=1S/C13H20N2S/c1-3-15(9-8-13(14)16)10-12-6-4-11(2)5-7-12/h4-7H,3,8-10H2,1-2H3,(H2,14,16). The Kier molecular flexibility index (Phi) is 5.43. The Bertz CT molecular complexity index is 332. The fourth-order valence-electron chi connectivity index (χ4n) is 1.57. The third-order valence-electron chi connectivity index (χ3n) is 2.65. The van der Waals surface area contributed by atoms with E-state index in [-0.39, 0.29) is 0 Å². The minimum Gasteiger partial charge on any atom is -0.393 e. The first kappa shape index (κ1) is 13.1. The van der Waals surface area contributed by atoms with Gasteiger partial charge in [0.2, 0.25) is 0 Å². The van der Waals surface area contributed by atoms with Crippen molar-refractivity contribution in [2.24, 2.45) is 5.73 Å². The zero-order valence-electron chi connectivity index (χ0n) is 10.1. The van der Waals surface area contributed by atoms with Gasteiger partial charge in [-0.3, -0.25) is 4.90 Å². The first-order chi connectivity index (χ1) is 7.61. The van der Waals surface area contributed by atoms with Crippen LogP contribution in [0.2, 0.25) is 0 Å². The molecule has 0 radical (unpaired) electrons. The quantitative estimate of drug-likeness (QED) is 0.770. The summed E-state index contributed by atoms with van der Waals surface area (Å²) in [5.41, 5.74) is 8.16. The molecule has 0 aliphatic heterocycles. The van der Waals surface area contributed by atoms with Crippen LogP contribution >= 0.6 is 12.2 Å². The van der Waals surface area contributed by atoms with Crippen molar-refractivity contribution in [2.45, 2.75) is 26.8 Å². The average molecular weight is 236 g/mol. The molecule has 0 fully saturated rings. The van der Waals surface area contributed by atoms with Gasteiger partial charge < -0.3 is 5.73 Å². The van der Waals surface area contributed by atoms with E-state index in [4.69, 9.17) is 18.0 Å². The Morgan fingerprint density at radius 1 is 1.31 bits per heavy atom. The van der Waals surface area contributed by atoms with Crippen LogP contribution in [0.4, 0.5) is 0 Å². The summed E-state index contributed by atoms with van der Waals surface area (Å²) in [6.07, 6.45) is 0.801. The number of aryl methyl sites for hydroxylation is 1. The fourth-order valence-corrected chi connectivity index (χ4v) is 1.66. The summed E-state index contributed by atoms with van der Waals surface area (Å²) in [6, 6.07) is 8.66. The molecule has 16 heavy (non-hydrogen) atoms. The molecule has 88 valence electrons. The van der Waals surface area contributed by atoms with Crippen molar-refractivity contribution in [3.05, 3.63) is 35.4 Å². The summed E-state index contributed by atoms with van der Waals surface area (Å²) in [6.45, 7) is 7.21. The Morgan fingerprint density at radius 2 is 1.94 bits per heavy atom. The summed E-state index contributed by atoms with van der Waals surface area (Å²) in [4.78, 5) is 2.95. The van der Waals surface area contributed by atoms with Crippen LogP contribution in [0, 0.1) is 6.92 Å². The molecule has 0 spiro atoms. The van der Waals surface area contributed by atoms with Crippen molar-refractivity contribution in [3.63, 3.8) is 0 Å². The highest BCUT2D eigenvalue weighted by Gasteiger charge is 2.03. The molecule has 1 aromatic carbocycles. The minimum absolute atomic E-state index is 0.599. The van der Waals surface area contributed by atoms with Crippen molar-refractivity contribution in [3.8, 4) is 0 Å². The smallest absolute Gasteiger partial charge is 0.0740 e. The molecule has 3 heteroatoms. The first-order valence-corrected chi connectivity index (χ1v) is 6.09. The monoisotopic (exact) mass is 236 g/mol. The van der Waals surface area contributed by atoms with Gasteiger partial charge >= 0.3 is 0 Å². The molecule has 1 rings (SSSR count). The Balaban J connectivity index is 2.49. The van der Waals surface area contributed by atoms with E-state index in [1.54, 1.807) is 0 Å². The lowest BCUT2D eigenvalue weighted by molar-refractivity contribution is 0.288. The van der Waals surface area contributed by atoms with Gasteiger partial charge in [-0.2, -0.15) is 0 Å². The summed E-state index contributed by atoms with van der Waals surface area (Å²) >= 11 is 4.89. The molecule has 0 bridgehead atoms.